The number of amides is 2. The Hall–Kier alpha value is -1.10. The maximum absolute atomic E-state index is 10.1. The van der Waals surface area contributed by atoms with Gasteiger partial charge in [0.15, 0.2) is 0 Å². The molecule has 4 N–H and O–H groups in total. The fraction of sp³-hybridized carbons (Fsp3) is 0.889. The Labute approximate surface area is 142 Å². The van der Waals surface area contributed by atoms with Crippen molar-refractivity contribution in [2.75, 3.05) is 0 Å². The molecule has 0 unspecified atom stereocenters. The minimum atomic E-state index is -0.603. The van der Waals surface area contributed by atoms with Crippen LogP contribution in [0, 0.1) is 0 Å². The molecule has 138 valence electrons. The van der Waals surface area contributed by atoms with E-state index in [1.165, 1.54) is 82.5 Å². The van der Waals surface area contributed by atoms with E-state index < -0.39 is 11.8 Å². The zero-order valence-electron chi connectivity index (χ0n) is 15.2. The number of primary amides is 1. The molecule has 0 bridgehead atoms. The molecule has 0 rings (SSSR count). The average Bonchev–Trinajstić information content (AvgIpc) is 2.55. The molecule has 0 aliphatic rings. The summed E-state index contributed by atoms with van der Waals surface area (Å²) in [6.07, 6.45) is 17.3. The Morgan fingerprint density at radius 3 is 1.35 bits per heavy atom. The lowest BCUT2D eigenvalue weighted by Crippen LogP contribution is -2.21. The zero-order valence-corrected chi connectivity index (χ0v) is 15.2. The third-order valence-electron chi connectivity index (χ3n) is 3.68. The van der Waals surface area contributed by atoms with Gasteiger partial charge in [-0.25, -0.2) is 5.48 Å². The van der Waals surface area contributed by atoms with Gasteiger partial charge in [0.25, 0.3) is 0 Å². The van der Waals surface area contributed by atoms with Crippen LogP contribution in [0.3, 0.4) is 0 Å². The van der Waals surface area contributed by atoms with Gasteiger partial charge in [0.2, 0.25) is 11.8 Å². The second-order valence-electron chi connectivity index (χ2n) is 6.04. The summed E-state index contributed by atoms with van der Waals surface area (Å²) >= 11 is 0. The molecular weight excluding hydrogens is 292 g/mol. The van der Waals surface area contributed by atoms with E-state index in [0.717, 1.165) is 0 Å². The van der Waals surface area contributed by atoms with E-state index in [1.54, 1.807) is 0 Å². The molecule has 0 saturated carbocycles. The summed E-state index contributed by atoms with van der Waals surface area (Å²) in [7, 11) is 0. The Kier molecular flexibility index (Phi) is 22.0. The van der Waals surface area contributed by atoms with Crippen LogP contribution in [0.4, 0.5) is 0 Å². The van der Waals surface area contributed by atoms with Gasteiger partial charge in [-0.3, -0.25) is 14.8 Å². The zero-order chi connectivity index (χ0) is 17.8. The first-order valence-corrected chi connectivity index (χ1v) is 9.29. The van der Waals surface area contributed by atoms with E-state index in [0.29, 0.717) is 0 Å². The molecule has 0 aromatic carbocycles. The minimum absolute atomic E-state index is 0.0353. The summed E-state index contributed by atoms with van der Waals surface area (Å²) in [6.45, 7) is 4.57. The molecule has 0 radical (unpaired) electrons. The van der Waals surface area contributed by atoms with Crippen LogP contribution in [-0.2, 0) is 9.59 Å². The number of hydroxylamine groups is 1. The summed E-state index contributed by atoms with van der Waals surface area (Å²) in [6, 6.07) is 0. The molecule has 0 heterocycles. The lowest BCUT2D eigenvalue weighted by Gasteiger charge is -2.01. The van der Waals surface area contributed by atoms with Crippen molar-refractivity contribution in [1.29, 1.82) is 0 Å². The summed E-state index contributed by atoms with van der Waals surface area (Å²) in [4.78, 5) is 20.1. The Morgan fingerprint density at radius 2 is 1.09 bits per heavy atom. The number of carbonyl (C=O) groups is 2. The molecule has 23 heavy (non-hydrogen) atoms. The number of nitrogens with two attached hydrogens (primary N) is 1. The highest BCUT2D eigenvalue weighted by molar-refractivity contribution is 5.82. The predicted octanol–water partition coefficient (Wildman–Crippen LogP) is 4.46. The molecule has 0 aliphatic carbocycles. The van der Waals surface area contributed by atoms with Crippen molar-refractivity contribution in [2.45, 2.75) is 104 Å². The van der Waals surface area contributed by atoms with Crippen molar-refractivity contribution >= 4 is 11.8 Å². The Morgan fingerprint density at radius 1 is 0.739 bits per heavy atom. The van der Waals surface area contributed by atoms with Crippen LogP contribution in [-0.4, -0.2) is 17.0 Å². The van der Waals surface area contributed by atoms with Crippen molar-refractivity contribution in [3.63, 3.8) is 0 Å². The number of unbranched alkanes of at least 4 members (excludes halogenated alkanes) is 11. The average molecular weight is 331 g/mol. The molecule has 0 aliphatic heterocycles. The number of nitrogens with one attached hydrogen (secondary N) is 1. The first kappa shape index (κ1) is 24.2. The molecule has 5 nitrogen and oxygen atoms in total. The monoisotopic (exact) mass is 330 g/mol. The quantitative estimate of drug-likeness (QED) is 0.249. The van der Waals surface area contributed by atoms with Gasteiger partial charge in [-0.2, -0.15) is 0 Å². The van der Waals surface area contributed by atoms with E-state index in [2.05, 4.69) is 13.8 Å². The summed E-state index contributed by atoms with van der Waals surface area (Å²) in [5.41, 5.74) is 6.07. The maximum Gasteiger partial charge on any atom is 0.243 e. The molecule has 0 atom stereocenters. The van der Waals surface area contributed by atoms with E-state index in [-0.39, 0.29) is 12.8 Å². The molecule has 0 spiro atoms. The highest BCUT2D eigenvalue weighted by atomic mass is 16.5. The lowest BCUT2D eigenvalue weighted by atomic mass is 10.1. The standard InChI is InChI=1S/C14H30.C4H8N2O3/c1-3-5-7-9-11-13-14-12-10-8-6-4-2;5-3(7)1-2-4(8)6-9/h3-14H2,1-2H3;9H,1-2H2,(H2,5,7)(H,6,8). The predicted molar refractivity (Wildman–Crippen MR) is 95.1 cm³/mol. The molecule has 5 heteroatoms. The smallest absolute Gasteiger partial charge is 0.243 e. The molecular formula is C18H38N2O3. The summed E-state index contributed by atoms with van der Waals surface area (Å²) in [5.74, 6) is -1.16. The molecule has 0 aromatic heterocycles. The second kappa shape index (κ2) is 20.9. The van der Waals surface area contributed by atoms with Gasteiger partial charge in [0, 0.05) is 12.8 Å². The van der Waals surface area contributed by atoms with Gasteiger partial charge in [-0.15, -0.1) is 0 Å². The van der Waals surface area contributed by atoms with Gasteiger partial charge in [-0.1, -0.05) is 90.9 Å². The van der Waals surface area contributed by atoms with E-state index in [1.807, 2.05) is 0 Å². The SMILES string of the molecule is CCCCCCCCCCCCCC.NC(=O)CCC(=O)NO. The van der Waals surface area contributed by atoms with E-state index in [4.69, 9.17) is 10.9 Å². The highest BCUT2D eigenvalue weighted by Crippen LogP contribution is 2.11. The van der Waals surface area contributed by atoms with Crippen LogP contribution < -0.4 is 11.2 Å². The van der Waals surface area contributed by atoms with Crippen LogP contribution >= 0.6 is 0 Å². The van der Waals surface area contributed by atoms with Crippen molar-refractivity contribution in [3.05, 3.63) is 0 Å². The van der Waals surface area contributed by atoms with Crippen molar-refractivity contribution in [2.24, 2.45) is 5.73 Å². The number of rotatable bonds is 14. The normalized spacial score (nSPS) is 9.87. The van der Waals surface area contributed by atoms with Gasteiger partial charge < -0.3 is 5.73 Å². The van der Waals surface area contributed by atoms with Gasteiger partial charge >= 0.3 is 0 Å². The summed E-state index contributed by atoms with van der Waals surface area (Å²) in [5, 5.41) is 7.90. The van der Waals surface area contributed by atoms with Crippen molar-refractivity contribution in [1.82, 2.24) is 5.48 Å². The van der Waals surface area contributed by atoms with E-state index >= 15 is 0 Å². The Balaban J connectivity index is 0. The van der Waals surface area contributed by atoms with Crippen molar-refractivity contribution in [3.8, 4) is 0 Å². The van der Waals surface area contributed by atoms with Crippen LogP contribution in [0.25, 0.3) is 0 Å². The number of hydrogen-bond acceptors (Lipinski definition) is 3. The lowest BCUT2D eigenvalue weighted by molar-refractivity contribution is -0.131. The van der Waals surface area contributed by atoms with E-state index in [9.17, 15) is 9.59 Å². The number of carbonyl (C=O) groups excluding carboxylic acids is 2. The molecule has 0 aromatic rings. The molecule has 0 saturated heterocycles. The molecule has 2 amide bonds. The molecule has 0 fully saturated rings. The van der Waals surface area contributed by atoms with Crippen LogP contribution in [0.2, 0.25) is 0 Å². The third-order valence-corrected chi connectivity index (χ3v) is 3.68. The van der Waals surface area contributed by atoms with Crippen molar-refractivity contribution < 1.29 is 14.8 Å². The topological polar surface area (TPSA) is 92.4 Å². The van der Waals surface area contributed by atoms with Gasteiger partial charge in [0.1, 0.15) is 0 Å². The van der Waals surface area contributed by atoms with Crippen LogP contribution in [0.5, 0.6) is 0 Å². The first-order valence-electron chi connectivity index (χ1n) is 9.29. The van der Waals surface area contributed by atoms with Gasteiger partial charge in [0.05, 0.1) is 0 Å². The highest BCUT2D eigenvalue weighted by Gasteiger charge is 2.00. The fourth-order valence-corrected chi connectivity index (χ4v) is 2.21. The summed E-state index contributed by atoms with van der Waals surface area (Å²) < 4.78 is 0. The largest absolute Gasteiger partial charge is 0.370 e. The van der Waals surface area contributed by atoms with Crippen LogP contribution in [0.15, 0.2) is 0 Å². The maximum atomic E-state index is 10.1. The first-order chi connectivity index (χ1) is 11.1. The van der Waals surface area contributed by atoms with Gasteiger partial charge in [-0.05, 0) is 0 Å². The fourth-order valence-electron chi connectivity index (χ4n) is 2.21. The van der Waals surface area contributed by atoms with Crippen LogP contribution in [0.1, 0.15) is 104 Å². The minimum Gasteiger partial charge on any atom is -0.370 e. The Bertz CT molecular complexity index is 259. The second-order valence-corrected chi connectivity index (χ2v) is 6.04. The third kappa shape index (κ3) is 26.1. The number of hydrogen-bond donors (Lipinski definition) is 3.